The van der Waals surface area contributed by atoms with E-state index in [1.54, 1.807) is 0 Å². The van der Waals surface area contributed by atoms with Gasteiger partial charge in [0.25, 0.3) is 0 Å². The minimum absolute atomic E-state index is 0.0832. The molecule has 0 bridgehead atoms. The van der Waals surface area contributed by atoms with Gasteiger partial charge in [-0.1, -0.05) is 26.2 Å². The summed E-state index contributed by atoms with van der Waals surface area (Å²) in [4.78, 5) is 13.8. The Kier molecular flexibility index (Phi) is 4.59. The normalized spacial score (nSPS) is 20.5. The summed E-state index contributed by atoms with van der Waals surface area (Å²) < 4.78 is 0. The van der Waals surface area contributed by atoms with E-state index in [2.05, 4.69) is 32.7 Å². The highest BCUT2D eigenvalue weighted by Crippen LogP contribution is 2.38. The van der Waals surface area contributed by atoms with Crippen molar-refractivity contribution in [1.82, 2.24) is 4.90 Å². The number of hydrogen-bond donors (Lipinski definition) is 1. The molecule has 0 saturated heterocycles. The zero-order valence-electron chi connectivity index (χ0n) is 11.8. The van der Waals surface area contributed by atoms with Gasteiger partial charge in [-0.15, -0.1) is 0 Å². The number of carboxylic acid groups (broad SMARTS) is 1. The van der Waals surface area contributed by atoms with Crippen LogP contribution in [0.1, 0.15) is 59.3 Å². The number of rotatable bonds is 5. The molecule has 0 atom stereocenters. The second-order valence-electron chi connectivity index (χ2n) is 6.17. The van der Waals surface area contributed by atoms with E-state index in [-0.39, 0.29) is 5.54 Å². The molecule has 0 radical (unpaired) electrons. The van der Waals surface area contributed by atoms with Crippen molar-refractivity contribution in [3.05, 3.63) is 0 Å². The molecule has 1 aliphatic rings. The van der Waals surface area contributed by atoms with E-state index >= 15 is 0 Å². The zero-order chi connectivity index (χ0) is 13.1. The van der Waals surface area contributed by atoms with Gasteiger partial charge in [-0.2, -0.15) is 0 Å². The Morgan fingerprint density at radius 1 is 1.29 bits per heavy atom. The predicted molar refractivity (Wildman–Crippen MR) is 70.2 cm³/mol. The summed E-state index contributed by atoms with van der Waals surface area (Å²) in [5.41, 5.74) is -0.417. The first-order valence-electron chi connectivity index (χ1n) is 6.79. The third kappa shape index (κ3) is 3.21. The van der Waals surface area contributed by atoms with E-state index in [4.69, 9.17) is 0 Å². The largest absolute Gasteiger partial charge is 0.481 e. The average molecular weight is 241 g/mol. The van der Waals surface area contributed by atoms with Crippen LogP contribution in [0.25, 0.3) is 0 Å². The van der Waals surface area contributed by atoms with Crippen LogP contribution < -0.4 is 0 Å². The molecule has 100 valence electrons. The number of carboxylic acids is 1. The first-order chi connectivity index (χ1) is 7.84. The predicted octanol–water partition coefficient (Wildman–Crippen LogP) is 3.14. The van der Waals surface area contributed by atoms with Gasteiger partial charge in [-0.3, -0.25) is 4.79 Å². The minimum atomic E-state index is -0.601. The van der Waals surface area contributed by atoms with Gasteiger partial charge >= 0.3 is 5.97 Å². The number of carbonyl (C=O) groups is 1. The fourth-order valence-electron chi connectivity index (χ4n) is 2.61. The van der Waals surface area contributed by atoms with Crippen LogP contribution >= 0.6 is 0 Å². The highest BCUT2D eigenvalue weighted by molar-refractivity contribution is 5.75. The summed E-state index contributed by atoms with van der Waals surface area (Å²) in [6, 6.07) is 0. The lowest BCUT2D eigenvalue weighted by atomic mass is 9.73. The molecule has 3 heteroatoms. The molecule has 1 N–H and O–H groups in total. The molecule has 0 aromatic rings. The molecule has 0 aromatic heterocycles. The molecule has 0 aromatic carbocycles. The Hall–Kier alpha value is -0.570. The van der Waals surface area contributed by atoms with Crippen LogP contribution in [0.4, 0.5) is 0 Å². The summed E-state index contributed by atoms with van der Waals surface area (Å²) in [6.07, 6.45) is 6.04. The topological polar surface area (TPSA) is 40.5 Å². The molecule has 17 heavy (non-hydrogen) atoms. The standard InChI is InChI=1S/C14H27NO2/c1-5-13(2,3)15(4)11-14(12(16)17)9-7-6-8-10-14/h5-11H2,1-4H3,(H,16,17). The maximum atomic E-state index is 11.6. The highest BCUT2D eigenvalue weighted by atomic mass is 16.4. The Balaban J connectivity index is 2.77. The van der Waals surface area contributed by atoms with E-state index in [1.165, 1.54) is 6.42 Å². The van der Waals surface area contributed by atoms with Crippen molar-refractivity contribution >= 4 is 5.97 Å². The summed E-state index contributed by atoms with van der Waals surface area (Å²) in [5, 5.41) is 9.55. The van der Waals surface area contributed by atoms with Crippen LogP contribution in [0.15, 0.2) is 0 Å². The molecule has 0 heterocycles. The Morgan fingerprint density at radius 3 is 2.24 bits per heavy atom. The molecule has 0 amide bonds. The van der Waals surface area contributed by atoms with E-state index in [1.807, 2.05) is 0 Å². The highest BCUT2D eigenvalue weighted by Gasteiger charge is 2.42. The van der Waals surface area contributed by atoms with Gasteiger partial charge in [-0.25, -0.2) is 0 Å². The van der Waals surface area contributed by atoms with E-state index in [0.29, 0.717) is 6.54 Å². The Morgan fingerprint density at radius 2 is 1.82 bits per heavy atom. The monoisotopic (exact) mass is 241 g/mol. The van der Waals surface area contributed by atoms with E-state index < -0.39 is 11.4 Å². The first-order valence-corrected chi connectivity index (χ1v) is 6.79. The second-order valence-corrected chi connectivity index (χ2v) is 6.17. The lowest BCUT2D eigenvalue weighted by molar-refractivity contribution is -0.153. The maximum Gasteiger partial charge on any atom is 0.310 e. The van der Waals surface area contributed by atoms with Crippen LogP contribution in [0, 0.1) is 5.41 Å². The molecule has 1 aliphatic carbocycles. The van der Waals surface area contributed by atoms with Crippen LogP contribution in [-0.4, -0.2) is 35.1 Å². The summed E-state index contributed by atoms with van der Waals surface area (Å²) in [7, 11) is 2.06. The average Bonchev–Trinajstić information content (AvgIpc) is 2.30. The molecule has 1 rings (SSSR count). The number of aliphatic carboxylic acids is 1. The van der Waals surface area contributed by atoms with E-state index in [9.17, 15) is 9.90 Å². The van der Waals surface area contributed by atoms with Gasteiger partial charge < -0.3 is 10.0 Å². The molecular formula is C14H27NO2. The van der Waals surface area contributed by atoms with E-state index in [0.717, 1.165) is 32.1 Å². The SMILES string of the molecule is CCC(C)(C)N(C)CC1(C(=O)O)CCCCC1. The van der Waals surface area contributed by atoms with Crippen molar-refractivity contribution in [2.75, 3.05) is 13.6 Å². The number of hydrogen-bond acceptors (Lipinski definition) is 2. The number of nitrogens with zero attached hydrogens (tertiary/aromatic N) is 1. The van der Waals surface area contributed by atoms with Crippen molar-refractivity contribution < 1.29 is 9.90 Å². The fraction of sp³-hybridized carbons (Fsp3) is 0.929. The quantitative estimate of drug-likeness (QED) is 0.804. The van der Waals surface area contributed by atoms with Gasteiger partial charge in [-0.05, 0) is 40.2 Å². The van der Waals surface area contributed by atoms with Crippen LogP contribution in [0.2, 0.25) is 0 Å². The molecule has 0 unspecified atom stereocenters. The minimum Gasteiger partial charge on any atom is -0.481 e. The van der Waals surface area contributed by atoms with Gasteiger partial charge in [0.05, 0.1) is 5.41 Å². The van der Waals surface area contributed by atoms with Crippen LogP contribution in [0.5, 0.6) is 0 Å². The third-order valence-corrected chi connectivity index (χ3v) is 4.70. The molecule has 1 fully saturated rings. The van der Waals surface area contributed by atoms with Gasteiger partial charge in [0.15, 0.2) is 0 Å². The van der Waals surface area contributed by atoms with Crippen molar-refractivity contribution in [1.29, 1.82) is 0 Å². The maximum absolute atomic E-state index is 11.6. The summed E-state index contributed by atoms with van der Waals surface area (Å²) in [6.45, 7) is 7.21. The zero-order valence-corrected chi connectivity index (χ0v) is 11.8. The molecule has 1 saturated carbocycles. The van der Waals surface area contributed by atoms with Gasteiger partial charge in [0.2, 0.25) is 0 Å². The van der Waals surface area contributed by atoms with Gasteiger partial charge in [0, 0.05) is 12.1 Å². The molecule has 3 nitrogen and oxygen atoms in total. The van der Waals surface area contributed by atoms with Crippen LogP contribution in [0.3, 0.4) is 0 Å². The third-order valence-electron chi connectivity index (χ3n) is 4.70. The van der Waals surface area contributed by atoms with Crippen molar-refractivity contribution in [2.24, 2.45) is 5.41 Å². The summed E-state index contributed by atoms with van der Waals surface area (Å²) >= 11 is 0. The van der Waals surface area contributed by atoms with Crippen molar-refractivity contribution in [3.63, 3.8) is 0 Å². The summed E-state index contributed by atoms with van der Waals surface area (Å²) in [5.74, 6) is -0.601. The van der Waals surface area contributed by atoms with Crippen molar-refractivity contribution in [2.45, 2.75) is 64.8 Å². The lowest BCUT2D eigenvalue weighted by Crippen LogP contribution is -2.50. The molecular weight excluding hydrogens is 214 g/mol. The van der Waals surface area contributed by atoms with Gasteiger partial charge in [0.1, 0.15) is 0 Å². The molecule has 0 aliphatic heterocycles. The molecule has 0 spiro atoms. The Bertz CT molecular complexity index is 267. The van der Waals surface area contributed by atoms with Crippen LogP contribution in [-0.2, 0) is 4.79 Å². The smallest absolute Gasteiger partial charge is 0.310 e. The van der Waals surface area contributed by atoms with Crippen molar-refractivity contribution in [3.8, 4) is 0 Å². The second kappa shape index (κ2) is 5.38. The Labute approximate surface area is 105 Å². The lowest BCUT2D eigenvalue weighted by Gasteiger charge is -2.42. The first kappa shape index (κ1) is 14.5. The fourth-order valence-corrected chi connectivity index (χ4v) is 2.61.